The molecular formula is C14H15ClN2O3. The average molecular weight is 295 g/mol. The summed E-state index contributed by atoms with van der Waals surface area (Å²) in [7, 11) is 0. The van der Waals surface area contributed by atoms with E-state index in [9.17, 15) is 5.11 Å². The van der Waals surface area contributed by atoms with Gasteiger partial charge in [-0.3, -0.25) is 4.68 Å². The van der Waals surface area contributed by atoms with Gasteiger partial charge in [0.15, 0.2) is 11.5 Å². The van der Waals surface area contributed by atoms with E-state index in [0.717, 1.165) is 6.42 Å². The Hall–Kier alpha value is -1.72. The molecule has 1 aromatic carbocycles. The van der Waals surface area contributed by atoms with Crippen molar-refractivity contribution in [1.82, 2.24) is 9.78 Å². The summed E-state index contributed by atoms with van der Waals surface area (Å²) in [4.78, 5) is 0. The summed E-state index contributed by atoms with van der Waals surface area (Å²) in [6, 6.07) is 5.36. The smallest absolute Gasteiger partial charge is 0.231 e. The summed E-state index contributed by atoms with van der Waals surface area (Å²) in [6.45, 7) is 2.97. The molecule has 3 rings (SSSR count). The molecule has 6 heteroatoms. The number of hydrogen-bond acceptors (Lipinski definition) is 4. The van der Waals surface area contributed by atoms with Gasteiger partial charge in [-0.05, 0) is 24.1 Å². The van der Waals surface area contributed by atoms with Crippen LogP contribution in [0.5, 0.6) is 11.5 Å². The molecule has 1 aliphatic rings. The van der Waals surface area contributed by atoms with E-state index < -0.39 is 6.10 Å². The fraction of sp³-hybridized carbons (Fsp3) is 0.357. The molecule has 1 aliphatic heterocycles. The van der Waals surface area contributed by atoms with Crippen molar-refractivity contribution in [3.8, 4) is 11.5 Å². The Morgan fingerprint density at radius 2 is 2.20 bits per heavy atom. The average Bonchev–Trinajstić information content (AvgIpc) is 3.04. The quantitative estimate of drug-likeness (QED) is 0.942. The van der Waals surface area contributed by atoms with Crippen LogP contribution in [0.25, 0.3) is 0 Å². The first-order valence-electron chi connectivity index (χ1n) is 6.49. The van der Waals surface area contributed by atoms with Crippen LogP contribution in [0.1, 0.15) is 30.7 Å². The third kappa shape index (κ3) is 2.23. The highest BCUT2D eigenvalue weighted by atomic mass is 35.5. The molecule has 0 spiro atoms. The maximum absolute atomic E-state index is 10.6. The summed E-state index contributed by atoms with van der Waals surface area (Å²) >= 11 is 6.14. The van der Waals surface area contributed by atoms with E-state index in [1.165, 1.54) is 0 Å². The maximum atomic E-state index is 10.6. The summed E-state index contributed by atoms with van der Waals surface area (Å²) < 4.78 is 12.3. The van der Waals surface area contributed by atoms with Gasteiger partial charge < -0.3 is 14.6 Å². The van der Waals surface area contributed by atoms with Crippen LogP contribution in [0.3, 0.4) is 0 Å². The van der Waals surface area contributed by atoms with Crippen LogP contribution in [0.15, 0.2) is 24.4 Å². The summed E-state index contributed by atoms with van der Waals surface area (Å²) in [5.74, 6) is 1.33. The molecule has 1 aromatic heterocycles. The minimum atomic E-state index is -0.842. The first kappa shape index (κ1) is 13.3. The predicted molar refractivity (Wildman–Crippen MR) is 74.2 cm³/mol. The molecule has 0 amide bonds. The van der Waals surface area contributed by atoms with E-state index in [4.69, 9.17) is 21.1 Å². The van der Waals surface area contributed by atoms with E-state index in [1.807, 2.05) is 6.92 Å². The van der Waals surface area contributed by atoms with Crippen molar-refractivity contribution in [2.75, 3.05) is 6.79 Å². The van der Waals surface area contributed by atoms with Crippen molar-refractivity contribution >= 4 is 11.6 Å². The third-order valence-corrected chi connectivity index (χ3v) is 3.53. The van der Waals surface area contributed by atoms with Crippen molar-refractivity contribution in [1.29, 1.82) is 0 Å². The van der Waals surface area contributed by atoms with Gasteiger partial charge in [-0.1, -0.05) is 24.6 Å². The molecule has 0 bridgehead atoms. The molecule has 1 atom stereocenters. The molecule has 2 aromatic rings. The van der Waals surface area contributed by atoms with Crippen molar-refractivity contribution in [3.05, 3.63) is 40.7 Å². The number of aliphatic hydroxyl groups is 1. The molecule has 0 radical (unpaired) electrons. The normalized spacial score (nSPS) is 14.6. The van der Waals surface area contributed by atoms with Gasteiger partial charge >= 0.3 is 0 Å². The fourth-order valence-electron chi connectivity index (χ4n) is 2.27. The zero-order valence-corrected chi connectivity index (χ0v) is 11.8. The van der Waals surface area contributed by atoms with E-state index >= 15 is 0 Å². The van der Waals surface area contributed by atoms with E-state index in [1.54, 1.807) is 29.1 Å². The number of benzene rings is 1. The lowest BCUT2D eigenvalue weighted by Gasteiger charge is -2.14. The predicted octanol–water partition coefficient (Wildman–Crippen LogP) is 2.76. The van der Waals surface area contributed by atoms with Crippen molar-refractivity contribution in [2.24, 2.45) is 0 Å². The fourth-order valence-corrected chi connectivity index (χ4v) is 2.52. The van der Waals surface area contributed by atoms with Gasteiger partial charge in [0, 0.05) is 6.54 Å². The number of nitrogens with zero attached hydrogens (tertiary/aromatic N) is 2. The largest absolute Gasteiger partial charge is 0.454 e. The lowest BCUT2D eigenvalue weighted by molar-refractivity contribution is 0.173. The standard InChI is InChI=1S/C14H15ClN2O3/c1-2-5-17-13(10(15)7-16-17)14(18)9-3-4-11-12(6-9)20-8-19-11/h3-4,6-7,14,18H,2,5,8H2,1H3. The lowest BCUT2D eigenvalue weighted by Crippen LogP contribution is -2.10. The maximum Gasteiger partial charge on any atom is 0.231 e. The molecule has 0 saturated heterocycles. The first-order valence-corrected chi connectivity index (χ1v) is 6.87. The van der Waals surface area contributed by atoms with E-state index in [0.29, 0.717) is 34.3 Å². The number of aromatic nitrogens is 2. The molecule has 1 unspecified atom stereocenters. The molecule has 1 N–H and O–H groups in total. The van der Waals surface area contributed by atoms with Gasteiger partial charge in [-0.25, -0.2) is 0 Å². The number of aryl methyl sites for hydroxylation is 1. The molecule has 5 nitrogen and oxygen atoms in total. The molecular weight excluding hydrogens is 280 g/mol. The summed E-state index contributed by atoms with van der Waals surface area (Å²) in [6.07, 6.45) is 1.63. The minimum absolute atomic E-state index is 0.212. The van der Waals surface area contributed by atoms with Crippen molar-refractivity contribution in [2.45, 2.75) is 26.0 Å². The van der Waals surface area contributed by atoms with Crippen LogP contribution in [0.4, 0.5) is 0 Å². The second-order valence-corrected chi connectivity index (χ2v) is 5.02. The number of rotatable bonds is 4. The Bertz CT molecular complexity index is 627. The Morgan fingerprint density at radius 3 is 3.00 bits per heavy atom. The molecule has 0 aliphatic carbocycles. The van der Waals surface area contributed by atoms with E-state index in [-0.39, 0.29) is 6.79 Å². The molecule has 20 heavy (non-hydrogen) atoms. The van der Waals surface area contributed by atoms with Crippen LogP contribution in [0.2, 0.25) is 5.02 Å². The molecule has 0 saturated carbocycles. The molecule has 106 valence electrons. The van der Waals surface area contributed by atoms with Crippen LogP contribution in [0, 0.1) is 0 Å². The Morgan fingerprint density at radius 1 is 1.40 bits per heavy atom. The number of hydrogen-bond donors (Lipinski definition) is 1. The number of halogens is 1. The summed E-state index contributed by atoms with van der Waals surface area (Å²) in [5.41, 5.74) is 1.31. The van der Waals surface area contributed by atoms with Gasteiger partial charge in [-0.15, -0.1) is 0 Å². The lowest BCUT2D eigenvalue weighted by atomic mass is 10.1. The van der Waals surface area contributed by atoms with E-state index in [2.05, 4.69) is 5.10 Å². The van der Waals surface area contributed by atoms with Gasteiger partial charge in [0.05, 0.1) is 16.9 Å². The molecule has 2 heterocycles. The number of ether oxygens (including phenoxy) is 2. The second kappa shape index (κ2) is 5.34. The van der Waals surface area contributed by atoms with Gasteiger partial charge in [0.1, 0.15) is 6.10 Å². The molecule has 0 fully saturated rings. The zero-order valence-electron chi connectivity index (χ0n) is 11.0. The van der Waals surface area contributed by atoms with Crippen LogP contribution in [-0.4, -0.2) is 21.7 Å². The minimum Gasteiger partial charge on any atom is -0.454 e. The monoisotopic (exact) mass is 294 g/mol. The Kier molecular flexibility index (Phi) is 3.54. The Balaban J connectivity index is 1.96. The van der Waals surface area contributed by atoms with Gasteiger partial charge in [0.2, 0.25) is 6.79 Å². The van der Waals surface area contributed by atoms with Gasteiger partial charge in [-0.2, -0.15) is 5.10 Å². The number of aliphatic hydroxyl groups excluding tert-OH is 1. The van der Waals surface area contributed by atoms with Crippen LogP contribution >= 0.6 is 11.6 Å². The first-order chi connectivity index (χ1) is 9.70. The van der Waals surface area contributed by atoms with Crippen molar-refractivity contribution < 1.29 is 14.6 Å². The highest BCUT2D eigenvalue weighted by Crippen LogP contribution is 2.36. The van der Waals surface area contributed by atoms with Crippen molar-refractivity contribution in [3.63, 3.8) is 0 Å². The summed E-state index contributed by atoms with van der Waals surface area (Å²) in [5, 5.41) is 15.2. The topological polar surface area (TPSA) is 56.5 Å². The van der Waals surface area contributed by atoms with Gasteiger partial charge in [0.25, 0.3) is 0 Å². The second-order valence-electron chi connectivity index (χ2n) is 4.62. The third-order valence-electron chi connectivity index (χ3n) is 3.24. The van der Waals surface area contributed by atoms with Crippen LogP contribution < -0.4 is 9.47 Å². The highest BCUT2D eigenvalue weighted by molar-refractivity contribution is 6.31. The highest BCUT2D eigenvalue weighted by Gasteiger charge is 2.22. The SMILES string of the molecule is CCCn1ncc(Cl)c1C(O)c1ccc2c(c1)OCO2. The Labute approximate surface area is 121 Å². The zero-order chi connectivity index (χ0) is 14.1. The van der Waals surface area contributed by atoms with Crippen LogP contribution in [-0.2, 0) is 6.54 Å². The number of fused-ring (bicyclic) bond motifs is 1.